The van der Waals surface area contributed by atoms with Gasteiger partial charge < -0.3 is 9.84 Å². The number of ether oxygens (including phenoxy) is 1. The zero-order valence-electron chi connectivity index (χ0n) is 17.4. The molecule has 1 aliphatic rings. The van der Waals surface area contributed by atoms with Gasteiger partial charge in [0.15, 0.2) is 0 Å². The van der Waals surface area contributed by atoms with Crippen LogP contribution in [0.3, 0.4) is 0 Å². The average Bonchev–Trinajstić information content (AvgIpc) is 3.20. The van der Waals surface area contributed by atoms with E-state index in [2.05, 4.69) is 0 Å². The highest BCUT2D eigenvalue weighted by molar-refractivity contribution is 7.99. The van der Waals surface area contributed by atoms with E-state index in [9.17, 15) is 18.3 Å². The molecule has 168 valence electrons. The molecule has 0 saturated heterocycles. The zero-order chi connectivity index (χ0) is 22.7. The lowest BCUT2D eigenvalue weighted by molar-refractivity contribution is -0.142. The first kappa shape index (κ1) is 22.8. The Hall–Kier alpha value is -2.33. The van der Waals surface area contributed by atoms with Gasteiger partial charge >= 0.3 is 5.97 Å². The van der Waals surface area contributed by atoms with E-state index in [0.29, 0.717) is 17.9 Å². The van der Waals surface area contributed by atoms with Gasteiger partial charge in [-0.15, -0.1) is 23.1 Å². The molecule has 2 atom stereocenters. The Morgan fingerprint density at radius 1 is 1.16 bits per heavy atom. The Bertz CT molecular complexity index is 1180. The predicted molar refractivity (Wildman–Crippen MR) is 126 cm³/mol. The van der Waals surface area contributed by atoms with Gasteiger partial charge in [0, 0.05) is 28.0 Å². The van der Waals surface area contributed by atoms with Gasteiger partial charge in [0.2, 0.25) is 10.0 Å². The van der Waals surface area contributed by atoms with Crippen LogP contribution in [0.25, 0.3) is 0 Å². The second-order valence-corrected chi connectivity index (χ2v) is 11.3. The number of rotatable bonds is 7. The monoisotopic (exact) mass is 489 g/mol. The summed E-state index contributed by atoms with van der Waals surface area (Å²) in [6.07, 6.45) is 0.485. The number of thiophene rings is 1. The van der Waals surface area contributed by atoms with Gasteiger partial charge in [-0.05, 0) is 59.8 Å². The molecule has 0 radical (unpaired) electrons. The normalized spacial score (nSPS) is 19.2. The van der Waals surface area contributed by atoms with E-state index in [1.54, 1.807) is 35.2 Å². The number of nitrogens with zero attached hydrogens (tertiary/aromatic N) is 1. The maximum atomic E-state index is 13.6. The molecule has 2 aromatic carbocycles. The third-order valence-electron chi connectivity index (χ3n) is 5.52. The second-order valence-electron chi connectivity index (χ2n) is 7.35. The summed E-state index contributed by atoms with van der Waals surface area (Å²) in [5, 5.41) is 12.2. The van der Waals surface area contributed by atoms with Crippen molar-refractivity contribution in [3.63, 3.8) is 0 Å². The summed E-state index contributed by atoms with van der Waals surface area (Å²) in [5.41, 5.74) is 0.929. The van der Waals surface area contributed by atoms with E-state index in [1.807, 2.05) is 41.8 Å². The third kappa shape index (κ3) is 4.56. The highest BCUT2D eigenvalue weighted by atomic mass is 32.2. The number of sulfonamides is 1. The van der Waals surface area contributed by atoms with Crippen LogP contribution in [0.1, 0.15) is 16.4 Å². The first-order valence-electron chi connectivity index (χ1n) is 10.0. The van der Waals surface area contributed by atoms with Crippen LogP contribution in [0, 0.1) is 0 Å². The summed E-state index contributed by atoms with van der Waals surface area (Å²) in [6.45, 7) is 0.116. The highest BCUT2D eigenvalue weighted by Crippen LogP contribution is 2.39. The van der Waals surface area contributed by atoms with Crippen LogP contribution in [0.5, 0.6) is 5.75 Å². The fourth-order valence-electron chi connectivity index (χ4n) is 3.94. The number of hydrogen-bond donors (Lipinski definition) is 1. The molecule has 1 N–H and O–H groups in total. The summed E-state index contributed by atoms with van der Waals surface area (Å²) in [4.78, 5) is 14.6. The van der Waals surface area contributed by atoms with E-state index in [0.717, 1.165) is 15.3 Å². The molecule has 0 spiro atoms. The number of carboxylic acid groups (broad SMARTS) is 1. The van der Waals surface area contributed by atoms with Crippen LogP contribution in [-0.4, -0.2) is 49.2 Å². The molecule has 0 aliphatic carbocycles. The SMILES string of the molecule is COc1ccc(S(=O)(=O)N2CCc3sccc3[C@@H](CSc3ccccc3)[C@@H]2C(=O)O)cc1. The Morgan fingerprint density at radius 3 is 2.53 bits per heavy atom. The number of hydrogen-bond acceptors (Lipinski definition) is 6. The van der Waals surface area contributed by atoms with Crippen LogP contribution < -0.4 is 4.74 Å². The van der Waals surface area contributed by atoms with Crippen LogP contribution in [-0.2, 0) is 21.2 Å². The molecule has 9 heteroatoms. The van der Waals surface area contributed by atoms with Gasteiger partial charge in [-0.25, -0.2) is 8.42 Å². The van der Waals surface area contributed by atoms with Crippen molar-refractivity contribution in [2.75, 3.05) is 19.4 Å². The average molecular weight is 490 g/mol. The minimum Gasteiger partial charge on any atom is -0.497 e. The van der Waals surface area contributed by atoms with Crippen molar-refractivity contribution in [2.24, 2.45) is 0 Å². The Morgan fingerprint density at radius 2 is 1.88 bits per heavy atom. The van der Waals surface area contributed by atoms with Crippen LogP contribution in [0.2, 0.25) is 0 Å². The molecule has 6 nitrogen and oxygen atoms in total. The maximum absolute atomic E-state index is 13.6. The highest BCUT2D eigenvalue weighted by Gasteiger charge is 2.44. The third-order valence-corrected chi connectivity index (χ3v) is 9.54. The molecule has 3 aromatic rings. The van der Waals surface area contributed by atoms with Crippen molar-refractivity contribution in [3.8, 4) is 5.75 Å². The molecule has 0 fully saturated rings. The van der Waals surface area contributed by atoms with Gasteiger partial charge in [0.05, 0.1) is 12.0 Å². The first-order valence-corrected chi connectivity index (χ1v) is 13.3. The van der Waals surface area contributed by atoms with Crippen molar-refractivity contribution in [1.29, 1.82) is 0 Å². The van der Waals surface area contributed by atoms with E-state index in [-0.39, 0.29) is 11.4 Å². The quantitative estimate of drug-likeness (QED) is 0.497. The fourth-order valence-corrected chi connectivity index (χ4v) is 7.58. The summed E-state index contributed by atoms with van der Waals surface area (Å²) in [5.74, 6) is -0.623. The van der Waals surface area contributed by atoms with E-state index >= 15 is 0 Å². The molecular weight excluding hydrogens is 466 g/mol. The van der Waals surface area contributed by atoms with Crippen molar-refractivity contribution in [3.05, 3.63) is 76.5 Å². The van der Waals surface area contributed by atoms with Gasteiger partial charge in [0.1, 0.15) is 11.8 Å². The number of aliphatic carboxylic acids is 1. The molecule has 2 heterocycles. The molecular formula is C23H23NO5S3. The number of carboxylic acids is 1. The summed E-state index contributed by atoms with van der Waals surface area (Å²) in [6, 6.07) is 16.5. The predicted octanol–water partition coefficient (Wildman–Crippen LogP) is 4.33. The van der Waals surface area contributed by atoms with Gasteiger partial charge in [-0.1, -0.05) is 18.2 Å². The number of thioether (sulfide) groups is 1. The molecule has 4 rings (SSSR count). The molecule has 0 amide bonds. The molecule has 0 unspecified atom stereocenters. The van der Waals surface area contributed by atoms with Crippen LogP contribution in [0.4, 0.5) is 0 Å². The Kier molecular flexibility index (Phi) is 6.90. The Labute approximate surface area is 195 Å². The molecule has 1 aliphatic heterocycles. The number of benzene rings is 2. The minimum absolute atomic E-state index is 0.0595. The van der Waals surface area contributed by atoms with Crippen LogP contribution in [0.15, 0.2) is 75.8 Å². The lowest BCUT2D eigenvalue weighted by Crippen LogP contribution is -2.48. The standard InChI is InChI=1S/C23H23NO5S3/c1-29-16-7-9-18(10-8-16)32(27,28)24-13-11-21-19(12-14-30-21)20(22(24)23(25)26)15-31-17-5-3-2-4-6-17/h2-10,12,14,20,22H,11,13,15H2,1H3,(H,25,26)/t20-,22-/m1/s1. The van der Waals surface area contributed by atoms with Crippen molar-refractivity contribution < 1.29 is 23.1 Å². The molecule has 32 heavy (non-hydrogen) atoms. The topological polar surface area (TPSA) is 83.9 Å². The van der Waals surface area contributed by atoms with E-state index in [1.165, 1.54) is 23.5 Å². The number of methoxy groups -OCH3 is 1. The first-order chi connectivity index (χ1) is 15.4. The van der Waals surface area contributed by atoms with E-state index in [4.69, 9.17) is 4.74 Å². The smallest absolute Gasteiger partial charge is 0.322 e. The molecule has 1 aromatic heterocycles. The fraction of sp³-hybridized carbons (Fsp3) is 0.261. The van der Waals surface area contributed by atoms with Gasteiger partial charge in [0.25, 0.3) is 0 Å². The summed E-state index contributed by atoms with van der Waals surface area (Å²) < 4.78 is 33.4. The number of carbonyl (C=O) groups is 1. The molecule has 0 saturated carbocycles. The summed E-state index contributed by atoms with van der Waals surface area (Å²) in [7, 11) is -2.52. The Balaban J connectivity index is 1.72. The number of fused-ring (bicyclic) bond motifs is 1. The van der Waals surface area contributed by atoms with Gasteiger partial charge in [-0.3, -0.25) is 4.79 Å². The largest absolute Gasteiger partial charge is 0.497 e. The molecule has 0 bridgehead atoms. The van der Waals surface area contributed by atoms with Crippen molar-refractivity contribution >= 4 is 39.1 Å². The lowest BCUT2D eigenvalue weighted by atomic mass is 9.94. The maximum Gasteiger partial charge on any atom is 0.322 e. The lowest BCUT2D eigenvalue weighted by Gasteiger charge is -2.31. The summed E-state index contributed by atoms with van der Waals surface area (Å²) >= 11 is 3.09. The van der Waals surface area contributed by atoms with Gasteiger partial charge in [-0.2, -0.15) is 4.31 Å². The van der Waals surface area contributed by atoms with Crippen LogP contribution >= 0.6 is 23.1 Å². The zero-order valence-corrected chi connectivity index (χ0v) is 19.8. The van der Waals surface area contributed by atoms with Crippen molar-refractivity contribution in [2.45, 2.75) is 28.2 Å². The van der Waals surface area contributed by atoms with E-state index < -0.39 is 28.0 Å². The minimum atomic E-state index is -4.02. The van der Waals surface area contributed by atoms with Crippen molar-refractivity contribution in [1.82, 2.24) is 4.31 Å². The second kappa shape index (κ2) is 9.66.